The Morgan fingerprint density at radius 3 is 1.83 bits per heavy atom. The summed E-state index contributed by atoms with van der Waals surface area (Å²) < 4.78 is 0. The fourth-order valence-electron chi connectivity index (χ4n) is 0.754. The molecule has 0 fully saturated rings. The minimum Gasteiger partial charge on any atom is -0.164 e. The number of hydrogen-bond acceptors (Lipinski definition) is 1. The van der Waals surface area contributed by atoms with Gasteiger partial charge in [-0.2, -0.15) is 11.8 Å². The number of hydrogen-bond donors (Lipinski definition) is 0. The minimum absolute atomic E-state index is 0.135. The normalized spacial score (nSPS) is 12.2. The minimum atomic E-state index is 0.135. The van der Waals surface area contributed by atoms with E-state index in [0.717, 1.165) is 5.75 Å². The van der Waals surface area contributed by atoms with Crippen molar-refractivity contribution in [3.05, 3.63) is 0 Å². The average molecular weight is 184 g/mol. The molecule has 0 rings (SSSR count). The van der Waals surface area contributed by atoms with Gasteiger partial charge in [0.25, 0.3) is 0 Å². The van der Waals surface area contributed by atoms with Crippen molar-refractivity contribution in [1.82, 2.24) is 0 Å². The Kier molecular flexibility index (Phi) is 4.20. The van der Waals surface area contributed by atoms with E-state index in [0.29, 0.717) is 0 Å². The third-order valence-electron chi connectivity index (χ3n) is 1.28. The molecule has 12 heavy (non-hydrogen) atoms. The molecule has 0 nitrogen and oxygen atoms in total. The van der Waals surface area contributed by atoms with E-state index >= 15 is 0 Å². The van der Waals surface area contributed by atoms with Crippen LogP contribution in [0, 0.1) is 22.7 Å². The summed E-state index contributed by atoms with van der Waals surface area (Å²) >= 11 is 1.86. The summed E-state index contributed by atoms with van der Waals surface area (Å²) in [5, 5.41) is 0. The Morgan fingerprint density at radius 1 is 1.00 bits per heavy atom. The van der Waals surface area contributed by atoms with Gasteiger partial charge in [0.2, 0.25) is 0 Å². The molecular formula is C11H20S. The molecule has 0 aliphatic carbocycles. The highest BCUT2D eigenvalue weighted by Gasteiger charge is 2.14. The van der Waals surface area contributed by atoms with Crippen LogP contribution in [0.5, 0.6) is 0 Å². The maximum atomic E-state index is 3.33. The van der Waals surface area contributed by atoms with Crippen LogP contribution in [0.4, 0.5) is 0 Å². The van der Waals surface area contributed by atoms with Gasteiger partial charge in [0.1, 0.15) is 0 Å². The first-order valence-electron chi connectivity index (χ1n) is 4.30. The summed E-state index contributed by atoms with van der Waals surface area (Å²) in [4.78, 5) is 0. The van der Waals surface area contributed by atoms with E-state index in [-0.39, 0.29) is 10.8 Å². The van der Waals surface area contributed by atoms with Gasteiger partial charge in [-0.3, -0.25) is 0 Å². The standard InChI is InChI=1S/C11H20S/c1-10(2,3)7-8-11(4,5)9-12-6/h9H2,1-6H3. The van der Waals surface area contributed by atoms with Gasteiger partial charge in [-0.15, -0.1) is 0 Å². The SMILES string of the molecule is CSCC(C)(C)C#CC(C)(C)C. The van der Waals surface area contributed by atoms with Crippen LogP contribution < -0.4 is 0 Å². The lowest BCUT2D eigenvalue weighted by molar-refractivity contribution is 0.549. The molecule has 0 bridgehead atoms. The number of thioether (sulfide) groups is 1. The maximum absolute atomic E-state index is 3.33. The molecule has 1 heteroatoms. The van der Waals surface area contributed by atoms with E-state index < -0.39 is 0 Å². The predicted octanol–water partition coefficient (Wildman–Crippen LogP) is 3.43. The molecule has 70 valence electrons. The van der Waals surface area contributed by atoms with Crippen molar-refractivity contribution < 1.29 is 0 Å². The summed E-state index contributed by atoms with van der Waals surface area (Å²) in [7, 11) is 0. The topological polar surface area (TPSA) is 0 Å². The number of rotatable bonds is 2. The zero-order valence-electron chi connectivity index (χ0n) is 9.12. The van der Waals surface area contributed by atoms with Gasteiger partial charge in [0.05, 0.1) is 0 Å². The van der Waals surface area contributed by atoms with Crippen LogP contribution in [0.2, 0.25) is 0 Å². The molecule has 0 saturated heterocycles. The fourth-order valence-corrected chi connectivity index (χ4v) is 1.55. The quantitative estimate of drug-likeness (QED) is 0.593. The molecule has 0 radical (unpaired) electrons. The van der Waals surface area contributed by atoms with Gasteiger partial charge in [0, 0.05) is 16.6 Å². The van der Waals surface area contributed by atoms with Crippen molar-refractivity contribution in [3.8, 4) is 11.8 Å². The molecule has 0 saturated carbocycles. The summed E-state index contributed by atoms with van der Waals surface area (Å²) in [6, 6.07) is 0. The Bertz CT molecular complexity index is 185. The Morgan fingerprint density at radius 2 is 1.50 bits per heavy atom. The van der Waals surface area contributed by atoms with Gasteiger partial charge in [-0.1, -0.05) is 11.8 Å². The van der Waals surface area contributed by atoms with Crippen LogP contribution in [0.1, 0.15) is 34.6 Å². The van der Waals surface area contributed by atoms with Crippen molar-refractivity contribution in [2.24, 2.45) is 10.8 Å². The molecule has 0 aromatic heterocycles. The highest BCUT2D eigenvalue weighted by atomic mass is 32.2. The molecule has 0 atom stereocenters. The van der Waals surface area contributed by atoms with E-state index in [4.69, 9.17) is 0 Å². The Labute approximate surface area is 81.5 Å². The molecule has 0 heterocycles. The first-order valence-corrected chi connectivity index (χ1v) is 5.69. The Hall–Kier alpha value is -0.0900. The summed E-state index contributed by atoms with van der Waals surface area (Å²) in [5.41, 5.74) is 0.294. The zero-order chi connectivity index (χ0) is 9.83. The van der Waals surface area contributed by atoms with E-state index in [1.807, 2.05) is 11.8 Å². The molecule has 0 amide bonds. The van der Waals surface area contributed by atoms with Crippen LogP contribution in [-0.2, 0) is 0 Å². The molecule has 0 N–H and O–H groups in total. The fraction of sp³-hybridized carbons (Fsp3) is 0.818. The largest absolute Gasteiger partial charge is 0.164 e. The lowest BCUT2D eigenvalue weighted by Gasteiger charge is -2.17. The van der Waals surface area contributed by atoms with Crippen molar-refractivity contribution in [1.29, 1.82) is 0 Å². The lowest BCUT2D eigenvalue weighted by Crippen LogP contribution is -2.13. The first-order chi connectivity index (χ1) is 5.27. The van der Waals surface area contributed by atoms with Gasteiger partial charge in [-0.25, -0.2) is 0 Å². The van der Waals surface area contributed by atoms with E-state index in [1.165, 1.54) is 0 Å². The summed E-state index contributed by atoms with van der Waals surface area (Å²) in [6.07, 6.45) is 2.13. The van der Waals surface area contributed by atoms with Crippen molar-refractivity contribution in [3.63, 3.8) is 0 Å². The maximum Gasteiger partial charge on any atom is 0.0348 e. The van der Waals surface area contributed by atoms with Crippen molar-refractivity contribution in [2.75, 3.05) is 12.0 Å². The second-order valence-corrected chi connectivity index (χ2v) is 5.68. The van der Waals surface area contributed by atoms with E-state index in [1.54, 1.807) is 0 Å². The average Bonchev–Trinajstić information content (AvgIpc) is 1.83. The molecule has 0 aromatic carbocycles. The third kappa shape index (κ3) is 6.61. The zero-order valence-corrected chi connectivity index (χ0v) is 9.93. The molecule has 0 aromatic rings. The van der Waals surface area contributed by atoms with Gasteiger partial charge in [0.15, 0.2) is 0 Å². The van der Waals surface area contributed by atoms with Gasteiger partial charge >= 0.3 is 0 Å². The first kappa shape index (κ1) is 11.9. The lowest BCUT2D eigenvalue weighted by atomic mass is 9.92. The second kappa shape index (κ2) is 4.23. The summed E-state index contributed by atoms with van der Waals surface area (Å²) in [6.45, 7) is 10.8. The van der Waals surface area contributed by atoms with Gasteiger partial charge < -0.3 is 0 Å². The predicted molar refractivity (Wildman–Crippen MR) is 59.4 cm³/mol. The van der Waals surface area contributed by atoms with Crippen LogP contribution in [-0.4, -0.2) is 12.0 Å². The Balaban J connectivity index is 4.28. The van der Waals surface area contributed by atoms with E-state index in [2.05, 4.69) is 52.7 Å². The second-order valence-electron chi connectivity index (χ2n) is 4.82. The van der Waals surface area contributed by atoms with E-state index in [9.17, 15) is 0 Å². The van der Waals surface area contributed by atoms with Crippen LogP contribution in [0.25, 0.3) is 0 Å². The van der Waals surface area contributed by atoms with Crippen molar-refractivity contribution in [2.45, 2.75) is 34.6 Å². The third-order valence-corrected chi connectivity index (χ3v) is 2.29. The molecule has 0 unspecified atom stereocenters. The smallest absolute Gasteiger partial charge is 0.0348 e. The highest BCUT2D eigenvalue weighted by molar-refractivity contribution is 7.98. The van der Waals surface area contributed by atoms with Crippen LogP contribution in [0.15, 0.2) is 0 Å². The molecule has 0 spiro atoms. The molecule has 0 aliphatic rings. The summed E-state index contributed by atoms with van der Waals surface area (Å²) in [5.74, 6) is 7.72. The van der Waals surface area contributed by atoms with Crippen molar-refractivity contribution >= 4 is 11.8 Å². The highest BCUT2D eigenvalue weighted by Crippen LogP contribution is 2.20. The van der Waals surface area contributed by atoms with Crippen LogP contribution in [0.3, 0.4) is 0 Å². The van der Waals surface area contributed by atoms with Crippen LogP contribution >= 0.6 is 11.8 Å². The molecular weight excluding hydrogens is 164 g/mol. The van der Waals surface area contributed by atoms with Gasteiger partial charge in [-0.05, 0) is 40.9 Å². The monoisotopic (exact) mass is 184 g/mol. The molecule has 0 aliphatic heterocycles.